The lowest BCUT2D eigenvalue weighted by molar-refractivity contribution is 0.577. The van der Waals surface area contributed by atoms with Crippen LogP contribution in [-0.2, 0) is 6.54 Å². The van der Waals surface area contributed by atoms with Gasteiger partial charge in [-0.05, 0) is 20.3 Å². The quantitative estimate of drug-likeness (QED) is 0.807. The Hall–Kier alpha value is -1.16. The lowest BCUT2D eigenvalue weighted by Gasteiger charge is -2.30. The lowest BCUT2D eigenvalue weighted by Crippen LogP contribution is -2.34. The van der Waals surface area contributed by atoms with E-state index in [1.54, 1.807) is 6.33 Å². The molecular formula is C14H26N4. The molecule has 0 aliphatic carbocycles. The Balaban J connectivity index is 2.91. The summed E-state index contributed by atoms with van der Waals surface area (Å²) >= 11 is 0. The van der Waals surface area contributed by atoms with Crippen LogP contribution in [-0.4, -0.2) is 28.6 Å². The Morgan fingerprint density at radius 3 is 2.56 bits per heavy atom. The maximum Gasteiger partial charge on any atom is 0.136 e. The maximum absolute atomic E-state index is 4.47. The predicted octanol–water partition coefficient (Wildman–Crippen LogP) is 2.60. The SMILES string of the molecule is CCC(C)N(CC)c1ncncc1CNC(C)C. The van der Waals surface area contributed by atoms with Crippen molar-refractivity contribution < 1.29 is 0 Å². The third-order valence-electron chi connectivity index (χ3n) is 3.20. The van der Waals surface area contributed by atoms with Gasteiger partial charge in [0.15, 0.2) is 0 Å². The summed E-state index contributed by atoms with van der Waals surface area (Å²) in [6, 6.07) is 0.972. The van der Waals surface area contributed by atoms with E-state index in [9.17, 15) is 0 Å². The molecule has 1 aromatic rings. The number of hydrogen-bond acceptors (Lipinski definition) is 4. The number of rotatable bonds is 7. The van der Waals surface area contributed by atoms with Gasteiger partial charge in [0, 0.05) is 36.9 Å². The summed E-state index contributed by atoms with van der Waals surface area (Å²) in [5.74, 6) is 1.06. The van der Waals surface area contributed by atoms with Crippen LogP contribution in [0, 0.1) is 0 Å². The zero-order valence-electron chi connectivity index (χ0n) is 12.3. The molecule has 0 radical (unpaired) electrons. The van der Waals surface area contributed by atoms with Crippen molar-refractivity contribution in [1.82, 2.24) is 15.3 Å². The van der Waals surface area contributed by atoms with Crippen LogP contribution in [0.1, 0.15) is 46.6 Å². The van der Waals surface area contributed by atoms with E-state index >= 15 is 0 Å². The van der Waals surface area contributed by atoms with Crippen LogP contribution < -0.4 is 10.2 Å². The molecule has 0 amide bonds. The number of anilines is 1. The summed E-state index contributed by atoms with van der Waals surface area (Å²) in [4.78, 5) is 11.0. The Morgan fingerprint density at radius 2 is 2.00 bits per heavy atom. The standard InChI is InChI=1S/C14H26N4/c1-6-12(5)18(7-2)14-13(8-15-10-17-14)9-16-11(3)4/h8,10-12,16H,6-7,9H2,1-5H3. The van der Waals surface area contributed by atoms with Crippen LogP contribution in [0.2, 0.25) is 0 Å². The average Bonchev–Trinajstić information content (AvgIpc) is 2.38. The normalized spacial score (nSPS) is 12.8. The molecule has 4 nitrogen and oxygen atoms in total. The minimum atomic E-state index is 0.469. The first-order chi connectivity index (χ1) is 8.60. The van der Waals surface area contributed by atoms with E-state index in [4.69, 9.17) is 0 Å². The molecule has 102 valence electrons. The summed E-state index contributed by atoms with van der Waals surface area (Å²) in [6.07, 6.45) is 4.68. The molecule has 0 aliphatic heterocycles. The summed E-state index contributed by atoms with van der Waals surface area (Å²) in [7, 11) is 0. The van der Waals surface area contributed by atoms with Crippen LogP contribution in [0.15, 0.2) is 12.5 Å². The molecule has 18 heavy (non-hydrogen) atoms. The third kappa shape index (κ3) is 3.95. The summed E-state index contributed by atoms with van der Waals surface area (Å²) in [5, 5.41) is 3.43. The molecule has 1 atom stereocenters. The summed E-state index contributed by atoms with van der Waals surface area (Å²) < 4.78 is 0. The zero-order valence-corrected chi connectivity index (χ0v) is 12.3. The fourth-order valence-corrected chi connectivity index (χ4v) is 1.94. The molecule has 0 saturated heterocycles. The molecule has 0 spiro atoms. The monoisotopic (exact) mass is 250 g/mol. The van der Waals surface area contributed by atoms with Gasteiger partial charge in [-0.1, -0.05) is 20.8 Å². The van der Waals surface area contributed by atoms with Crippen LogP contribution in [0.25, 0.3) is 0 Å². The molecule has 0 bridgehead atoms. The summed E-state index contributed by atoms with van der Waals surface area (Å²) in [6.45, 7) is 12.7. The first-order valence-electron chi connectivity index (χ1n) is 6.89. The van der Waals surface area contributed by atoms with E-state index in [0.717, 1.165) is 25.3 Å². The molecule has 0 aromatic carbocycles. The summed E-state index contributed by atoms with van der Waals surface area (Å²) in [5.41, 5.74) is 1.17. The number of aromatic nitrogens is 2. The van der Waals surface area contributed by atoms with Gasteiger partial charge >= 0.3 is 0 Å². The van der Waals surface area contributed by atoms with E-state index in [-0.39, 0.29) is 0 Å². The van der Waals surface area contributed by atoms with Crippen LogP contribution in [0.5, 0.6) is 0 Å². The van der Waals surface area contributed by atoms with Crippen molar-refractivity contribution in [1.29, 1.82) is 0 Å². The zero-order chi connectivity index (χ0) is 13.5. The smallest absolute Gasteiger partial charge is 0.136 e. The van der Waals surface area contributed by atoms with E-state index in [2.05, 4.69) is 54.8 Å². The van der Waals surface area contributed by atoms with Gasteiger partial charge in [-0.2, -0.15) is 0 Å². The van der Waals surface area contributed by atoms with E-state index in [1.165, 1.54) is 5.56 Å². The van der Waals surface area contributed by atoms with Crippen molar-refractivity contribution in [2.75, 3.05) is 11.4 Å². The van der Waals surface area contributed by atoms with Gasteiger partial charge in [0.05, 0.1) is 0 Å². The molecule has 1 N–H and O–H groups in total. The van der Waals surface area contributed by atoms with Gasteiger partial charge < -0.3 is 10.2 Å². The minimum Gasteiger partial charge on any atom is -0.354 e. The Labute approximate surface area is 111 Å². The van der Waals surface area contributed by atoms with Crippen molar-refractivity contribution in [3.05, 3.63) is 18.1 Å². The maximum atomic E-state index is 4.47. The highest BCUT2D eigenvalue weighted by atomic mass is 15.2. The number of hydrogen-bond donors (Lipinski definition) is 1. The second kappa shape index (κ2) is 7.31. The van der Waals surface area contributed by atoms with Crippen LogP contribution >= 0.6 is 0 Å². The Morgan fingerprint density at radius 1 is 1.28 bits per heavy atom. The highest BCUT2D eigenvalue weighted by Gasteiger charge is 2.16. The molecule has 4 heteroatoms. The first-order valence-corrected chi connectivity index (χ1v) is 6.89. The highest BCUT2D eigenvalue weighted by Crippen LogP contribution is 2.19. The number of nitrogens with one attached hydrogen (secondary N) is 1. The fraction of sp³-hybridized carbons (Fsp3) is 0.714. The lowest BCUT2D eigenvalue weighted by atomic mass is 10.2. The van der Waals surface area contributed by atoms with Gasteiger partial charge in [-0.15, -0.1) is 0 Å². The van der Waals surface area contributed by atoms with Crippen molar-refractivity contribution in [2.24, 2.45) is 0 Å². The van der Waals surface area contributed by atoms with E-state index in [0.29, 0.717) is 12.1 Å². The van der Waals surface area contributed by atoms with Gasteiger partial charge in [-0.25, -0.2) is 9.97 Å². The second-order valence-electron chi connectivity index (χ2n) is 4.95. The first kappa shape index (κ1) is 14.9. The molecule has 1 heterocycles. The average molecular weight is 250 g/mol. The van der Waals surface area contributed by atoms with Gasteiger partial charge in [0.1, 0.15) is 12.1 Å². The molecular weight excluding hydrogens is 224 g/mol. The largest absolute Gasteiger partial charge is 0.354 e. The second-order valence-corrected chi connectivity index (χ2v) is 4.95. The molecule has 1 rings (SSSR count). The van der Waals surface area contributed by atoms with Gasteiger partial charge in [-0.3, -0.25) is 0 Å². The van der Waals surface area contributed by atoms with Crippen molar-refractivity contribution >= 4 is 5.82 Å². The van der Waals surface area contributed by atoms with E-state index in [1.807, 2.05) is 6.20 Å². The molecule has 1 aromatic heterocycles. The van der Waals surface area contributed by atoms with Crippen molar-refractivity contribution in [3.8, 4) is 0 Å². The van der Waals surface area contributed by atoms with Crippen molar-refractivity contribution in [3.63, 3.8) is 0 Å². The van der Waals surface area contributed by atoms with Crippen LogP contribution in [0.3, 0.4) is 0 Å². The Kier molecular flexibility index (Phi) is 6.05. The molecule has 1 unspecified atom stereocenters. The topological polar surface area (TPSA) is 41.1 Å². The molecule has 0 aliphatic rings. The molecule has 0 saturated carbocycles. The van der Waals surface area contributed by atoms with Gasteiger partial charge in [0.2, 0.25) is 0 Å². The van der Waals surface area contributed by atoms with Crippen molar-refractivity contribution in [2.45, 2.75) is 59.7 Å². The third-order valence-corrected chi connectivity index (χ3v) is 3.20. The van der Waals surface area contributed by atoms with Gasteiger partial charge in [0.25, 0.3) is 0 Å². The Bertz CT molecular complexity index is 351. The molecule has 0 fully saturated rings. The predicted molar refractivity (Wildman–Crippen MR) is 76.8 cm³/mol. The number of nitrogens with zero attached hydrogens (tertiary/aromatic N) is 3. The van der Waals surface area contributed by atoms with E-state index < -0.39 is 0 Å². The fourth-order valence-electron chi connectivity index (χ4n) is 1.94. The van der Waals surface area contributed by atoms with Crippen LogP contribution in [0.4, 0.5) is 5.82 Å². The highest BCUT2D eigenvalue weighted by molar-refractivity contribution is 5.46. The minimum absolute atomic E-state index is 0.469.